The van der Waals surface area contributed by atoms with Crippen molar-refractivity contribution < 1.29 is 27.9 Å². The molecule has 1 saturated heterocycles. The maximum absolute atomic E-state index is 12.2. The Morgan fingerprint density at radius 2 is 1.81 bits per heavy atom. The zero-order chi connectivity index (χ0) is 19.3. The van der Waals surface area contributed by atoms with E-state index in [0.717, 1.165) is 0 Å². The molecule has 0 bridgehead atoms. The highest BCUT2D eigenvalue weighted by atomic mass is 19.4. The lowest BCUT2D eigenvalue weighted by Gasteiger charge is -2.39. The number of nitrogens with one attached hydrogen (secondary N) is 5. The Labute approximate surface area is 150 Å². The first kappa shape index (κ1) is 21.2. The number of amides is 2. The van der Waals surface area contributed by atoms with Gasteiger partial charge in [0, 0.05) is 12.1 Å². The van der Waals surface area contributed by atoms with Crippen LogP contribution in [0.15, 0.2) is 0 Å². The molecule has 1 aliphatic carbocycles. The molecule has 3 atom stereocenters. The fraction of sp³-hybridized carbons (Fsp3) is 0.933. The fourth-order valence-corrected chi connectivity index (χ4v) is 3.36. The lowest BCUT2D eigenvalue weighted by Crippen LogP contribution is -2.69. The number of hydrogen-bond donors (Lipinski definition) is 6. The van der Waals surface area contributed by atoms with Crippen molar-refractivity contribution in [2.45, 2.75) is 83.0 Å². The van der Waals surface area contributed by atoms with Crippen molar-refractivity contribution >= 4 is 6.03 Å². The van der Waals surface area contributed by atoms with Crippen molar-refractivity contribution in [2.24, 2.45) is 5.92 Å². The number of urea groups is 1. The minimum Gasteiger partial charge on any atom is -0.335 e. The molecule has 6 N–H and O–H groups in total. The van der Waals surface area contributed by atoms with Crippen LogP contribution in [0.25, 0.3) is 0 Å². The number of carbonyl (C=O) groups excluding carboxylic acids is 1. The monoisotopic (exact) mass is 383 g/mol. The highest BCUT2D eigenvalue weighted by molar-refractivity contribution is 5.74. The van der Waals surface area contributed by atoms with Crippen molar-refractivity contribution in [1.82, 2.24) is 26.7 Å². The maximum atomic E-state index is 12.2. The van der Waals surface area contributed by atoms with Crippen LogP contribution in [0.1, 0.15) is 46.0 Å². The van der Waals surface area contributed by atoms with Crippen LogP contribution in [-0.4, -0.2) is 48.2 Å². The second-order valence-corrected chi connectivity index (χ2v) is 7.19. The predicted octanol–water partition coefficient (Wildman–Crippen LogP) is 1.33. The summed E-state index contributed by atoms with van der Waals surface area (Å²) < 4.78 is 40.7. The Morgan fingerprint density at radius 3 is 2.35 bits per heavy atom. The predicted molar refractivity (Wildman–Crippen MR) is 86.9 cm³/mol. The lowest BCUT2D eigenvalue weighted by atomic mass is 9.93. The lowest BCUT2D eigenvalue weighted by molar-refractivity contribution is -0.345. The van der Waals surface area contributed by atoms with Gasteiger partial charge in [-0.05, 0) is 38.0 Å². The summed E-state index contributed by atoms with van der Waals surface area (Å²) in [5, 5.41) is 20.9. The van der Waals surface area contributed by atoms with Crippen molar-refractivity contribution in [3.63, 3.8) is 0 Å². The van der Waals surface area contributed by atoms with E-state index in [9.17, 15) is 18.0 Å². The molecule has 152 valence electrons. The van der Waals surface area contributed by atoms with Gasteiger partial charge in [-0.3, -0.25) is 15.4 Å². The third-order valence-electron chi connectivity index (χ3n) is 4.78. The number of alkyl halides is 3. The van der Waals surface area contributed by atoms with Gasteiger partial charge < -0.3 is 15.8 Å². The Balaban J connectivity index is 1.75. The number of ether oxygens (including phenoxy) is 1. The third-order valence-corrected chi connectivity index (χ3v) is 4.78. The van der Waals surface area contributed by atoms with Crippen molar-refractivity contribution in [3.05, 3.63) is 0 Å². The molecule has 26 heavy (non-hydrogen) atoms. The van der Waals surface area contributed by atoms with Gasteiger partial charge in [0.05, 0.1) is 12.3 Å². The second-order valence-electron chi connectivity index (χ2n) is 7.19. The van der Waals surface area contributed by atoms with E-state index in [0.29, 0.717) is 25.2 Å². The molecular formula is C15H28F3N5O3. The first-order valence-electron chi connectivity index (χ1n) is 8.89. The number of carbonyl (C=O) groups is 1. The van der Waals surface area contributed by atoms with E-state index in [1.807, 2.05) is 13.8 Å². The van der Waals surface area contributed by atoms with Gasteiger partial charge in [-0.1, -0.05) is 13.8 Å². The van der Waals surface area contributed by atoms with Gasteiger partial charge in [0.25, 0.3) is 0 Å². The van der Waals surface area contributed by atoms with Crippen LogP contribution in [0, 0.1) is 5.92 Å². The quantitative estimate of drug-likeness (QED) is 0.400. The summed E-state index contributed by atoms with van der Waals surface area (Å²) in [5.41, 5.74) is 2.17. The van der Waals surface area contributed by atoms with Crippen LogP contribution in [0.4, 0.5) is 18.0 Å². The maximum Gasteiger partial charge on any atom is 0.522 e. The van der Waals surface area contributed by atoms with E-state index in [1.165, 1.54) is 0 Å². The van der Waals surface area contributed by atoms with Crippen molar-refractivity contribution in [1.29, 1.82) is 0 Å². The molecule has 2 aliphatic rings. The summed E-state index contributed by atoms with van der Waals surface area (Å²) >= 11 is 0. The van der Waals surface area contributed by atoms with Gasteiger partial charge in [0.15, 0.2) is 0 Å². The standard InChI is InChI=1S/C15H28F3N5O3/c1-8(2)11-7-12(23-25)21-13(20-11)22-14(24)19-9-3-5-10(6-4-9)26-15(16,17)18/h8-13,20-21,23,25H,3-7H2,1-2H3,(H2,19,22,24). The Hall–Kier alpha value is -1.14. The Morgan fingerprint density at radius 1 is 1.15 bits per heavy atom. The first-order chi connectivity index (χ1) is 12.2. The SMILES string of the molecule is CC(C)C1CC(NO)NC(NC(=O)NC2CCC(OC(F)(F)F)CC2)N1. The van der Waals surface area contributed by atoms with Crippen LogP contribution in [0.5, 0.6) is 0 Å². The van der Waals surface area contributed by atoms with Crippen molar-refractivity contribution in [3.8, 4) is 0 Å². The van der Waals surface area contributed by atoms with Gasteiger partial charge in [-0.15, -0.1) is 13.2 Å². The fourth-order valence-electron chi connectivity index (χ4n) is 3.36. The minimum absolute atomic E-state index is 0.0983. The van der Waals surface area contributed by atoms with Gasteiger partial charge in [0.2, 0.25) is 0 Å². The largest absolute Gasteiger partial charge is 0.522 e. The Kier molecular flexibility index (Phi) is 7.47. The molecule has 3 unspecified atom stereocenters. The van der Waals surface area contributed by atoms with Gasteiger partial charge in [0.1, 0.15) is 6.29 Å². The molecule has 2 amide bonds. The molecule has 0 radical (unpaired) electrons. The minimum atomic E-state index is -4.62. The number of halogens is 3. The summed E-state index contributed by atoms with van der Waals surface area (Å²) in [7, 11) is 0. The zero-order valence-corrected chi connectivity index (χ0v) is 14.9. The zero-order valence-electron chi connectivity index (χ0n) is 14.9. The van der Waals surface area contributed by atoms with E-state index >= 15 is 0 Å². The van der Waals surface area contributed by atoms with E-state index in [4.69, 9.17) is 5.21 Å². The van der Waals surface area contributed by atoms with E-state index in [2.05, 4.69) is 31.5 Å². The second kappa shape index (κ2) is 9.18. The molecule has 2 fully saturated rings. The summed E-state index contributed by atoms with van der Waals surface area (Å²) in [6, 6.07) is -0.517. The highest BCUT2D eigenvalue weighted by Crippen LogP contribution is 2.27. The third kappa shape index (κ3) is 6.88. The molecule has 1 saturated carbocycles. The van der Waals surface area contributed by atoms with Crippen LogP contribution in [-0.2, 0) is 4.74 Å². The molecule has 1 aliphatic heterocycles. The number of hydrogen-bond acceptors (Lipinski definition) is 6. The van der Waals surface area contributed by atoms with Crippen LogP contribution >= 0.6 is 0 Å². The van der Waals surface area contributed by atoms with Crippen LogP contribution in [0.3, 0.4) is 0 Å². The van der Waals surface area contributed by atoms with E-state index in [1.54, 1.807) is 0 Å². The summed E-state index contributed by atoms with van der Waals surface area (Å²) in [4.78, 5) is 12.2. The molecule has 2 rings (SSSR count). The molecule has 0 aromatic heterocycles. The van der Waals surface area contributed by atoms with Gasteiger partial charge in [-0.2, -0.15) is 5.48 Å². The molecule has 0 aromatic carbocycles. The van der Waals surface area contributed by atoms with Crippen LogP contribution < -0.4 is 26.7 Å². The molecule has 11 heteroatoms. The van der Waals surface area contributed by atoms with E-state index < -0.39 is 24.8 Å². The number of rotatable bonds is 5. The molecule has 1 heterocycles. The summed E-state index contributed by atoms with van der Waals surface area (Å²) in [6.45, 7) is 4.08. The van der Waals surface area contributed by atoms with E-state index in [-0.39, 0.29) is 31.1 Å². The van der Waals surface area contributed by atoms with Gasteiger partial charge >= 0.3 is 12.4 Å². The average Bonchev–Trinajstić information content (AvgIpc) is 2.54. The summed E-state index contributed by atoms with van der Waals surface area (Å²) in [6.07, 6.45) is -4.37. The summed E-state index contributed by atoms with van der Waals surface area (Å²) in [5.74, 6) is 0.309. The highest BCUT2D eigenvalue weighted by Gasteiger charge is 2.36. The average molecular weight is 383 g/mol. The topological polar surface area (TPSA) is 107 Å². The smallest absolute Gasteiger partial charge is 0.335 e. The molecule has 0 aromatic rings. The molecular weight excluding hydrogens is 355 g/mol. The number of hydroxylamine groups is 1. The first-order valence-corrected chi connectivity index (χ1v) is 8.89. The van der Waals surface area contributed by atoms with Crippen molar-refractivity contribution in [2.75, 3.05) is 0 Å². The molecule has 0 spiro atoms. The normalized spacial score (nSPS) is 33.1. The Bertz CT molecular complexity index is 458. The molecule has 8 nitrogen and oxygen atoms in total. The van der Waals surface area contributed by atoms with Crippen LogP contribution in [0.2, 0.25) is 0 Å². The van der Waals surface area contributed by atoms with Gasteiger partial charge in [-0.25, -0.2) is 4.79 Å².